The summed E-state index contributed by atoms with van der Waals surface area (Å²) in [5.74, 6) is 2.15. The first-order valence-corrected chi connectivity index (χ1v) is 22.2. The van der Waals surface area contributed by atoms with E-state index in [2.05, 4.69) is 85.0 Å². The predicted octanol–water partition coefficient (Wildman–Crippen LogP) is 14.3. The van der Waals surface area contributed by atoms with E-state index in [1.165, 1.54) is 157 Å². The fourth-order valence-corrected chi connectivity index (χ4v) is 10.6. The zero-order chi connectivity index (χ0) is 34.2. The highest BCUT2D eigenvalue weighted by atomic mass is 32.2. The van der Waals surface area contributed by atoms with Gasteiger partial charge in [0.1, 0.15) is 10.2 Å². The van der Waals surface area contributed by atoms with Gasteiger partial charge < -0.3 is 10.4 Å². The molecule has 0 saturated carbocycles. The predicted molar refractivity (Wildman–Crippen MR) is 221 cm³/mol. The molecule has 1 aliphatic heterocycles. The standard InChI is InChI=1S/C45H67NOS2/c1-2-3-4-5-6-7-8-9-10-11-12-13-14-15-16-17-18-19-20-24-36-46-43-34-32-42(33-35-43)45(48-37-25-38-49-45)44(47)41-30-28-40(29-31-41)39-26-22-21-23-27-39/h21-23,26-35,44,46-47H,2-20,24-25,36-38H2,1H3. The number of rotatable bonds is 26. The first kappa shape index (κ1) is 39.9. The molecule has 1 aliphatic rings. The maximum atomic E-state index is 11.8. The number of benzene rings is 3. The van der Waals surface area contributed by atoms with Crippen molar-refractivity contribution >= 4 is 29.2 Å². The van der Waals surface area contributed by atoms with Gasteiger partial charge in [0.15, 0.2) is 0 Å². The molecule has 0 aromatic heterocycles. The molecule has 1 unspecified atom stereocenters. The summed E-state index contributed by atoms with van der Waals surface area (Å²) in [5, 5.41) is 15.5. The van der Waals surface area contributed by atoms with Crippen LogP contribution in [-0.2, 0) is 4.08 Å². The lowest BCUT2D eigenvalue weighted by atomic mass is 9.97. The second-order valence-electron chi connectivity index (χ2n) is 14.3. The zero-order valence-electron chi connectivity index (χ0n) is 30.8. The van der Waals surface area contributed by atoms with Crippen LogP contribution in [0.4, 0.5) is 5.69 Å². The third kappa shape index (κ3) is 14.3. The Morgan fingerprint density at radius 1 is 0.551 bits per heavy atom. The van der Waals surface area contributed by atoms with Gasteiger partial charge in [-0.1, -0.05) is 196 Å². The molecule has 0 bridgehead atoms. The SMILES string of the molecule is CCCCCCCCCCCCCCCCCCCCCCNc1ccc(C2(C(O)c3ccc(-c4ccccc4)cc3)SCCCS2)cc1. The molecule has 4 heteroatoms. The maximum Gasteiger partial charge on any atom is 0.116 e. The van der Waals surface area contributed by atoms with Crippen molar-refractivity contribution in [3.8, 4) is 11.1 Å². The van der Waals surface area contributed by atoms with Gasteiger partial charge in [-0.25, -0.2) is 0 Å². The van der Waals surface area contributed by atoms with Gasteiger partial charge in [0.2, 0.25) is 0 Å². The van der Waals surface area contributed by atoms with Crippen LogP contribution in [0.5, 0.6) is 0 Å². The van der Waals surface area contributed by atoms with Gasteiger partial charge in [-0.15, -0.1) is 23.5 Å². The van der Waals surface area contributed by atoms with Crippen LogP contribution in [0.25, 0.3) is 11.1 Å². The molecule has 0 spiro atoms. The lowest BCUT2D eigenvalue weighted by molar-refractivity contribution is 0.163. The Balaban J connectivity index is 1.04. The van der Waals surface area contributed by atoms with Crippen LogP contribution in [-0.4, -0.2) is 23.2 Å². The molecule has 0 radical (unpaired) electrons. The van der Waals surface area contributed by atoms with E-state index in [0.29, 0.717) is 0 Å². The highest BCUT2D eigenvalue weighted by Gasteiger charge is 2.43. The third-order valence-electron chi connectivity index (χ3n) is 10.3. The Hall–Kier alpha value is -1.88. The van der Waals surface area contributed by atoms with Crippen LogP contribution in [0.3, 0.4) is 0 Å². The van der Waals surface area contributed by atoms with Crippen molar-refractivity contribution in [2.45, 2.75) is 152 Å². The summed E-state index contributed by atoms with van der Waals surface area (Å²) in [4.78, 5) is 0. The van der Waals surface area contributed by atoms with Crippen molar-refractivity contribution in [1.29, 1.82) is 0 Å². The number of hydrogen-bond donors (Lipinski definition) is 2. The van der Waals surface area contributed by atoms with Gasteiger partial charge >= 0.3 is 0 Å². The van der Waals surface area contributed by atoms with Gasteiger partial charge in [-0.05, 0) is 58.7 Å². The second kappa shape index (κ2) is 24.3. The molecule has 3 aromatic carbocycles. The number of nitrogens with one attached hydrogen (secondary N) is 1. The minimum absolute atomic E-state index is 0.377. The molecule has 1 fully saturated rings. The van der Waals surface area contributed by atoms with Crippen LogP contribution in [0.1, 0.15) is 159 Å². The minimum Gasteiger partial charge on any atom is -0.386 e. The van der Waals surface area contributed by atoms with E-state index in [9.17, 15) is 5.11 Å². The van der Waals surface area contributed by atoms with Crippen LogP contribution < -0.4 is 5.32 Å². The Labute approximate surface area is 309 Å². The summed E-state index contributed by atoms with van der Waals surface area (Å²) in [6.45, 7) is 3.33. The van der Waals surface area contributed by atoms with Crippen molar-refractivity contribution < 1.29 is 5.11 Å². The average Bonchev–Trinajstić information content (AvgIpc) is 3.16. The monoisotopic (exact) mass is 701 g/mol. The van der Waals surface area contributed by atoms with Crippen LogP contribution >= 0.6 is 23.5 Å². The van der Waals surface area contributed by atoms with Crippen molar-refractivity contribution in [3.63, 3.8) is 0 Å². The number of thioether (sulfide) groups is 2. The number of unbranched alkanes of at least 4 members (excludes halogenated alkanes) is 19. The Bertz CT molecular complexity index is 1220. The first-order chi connectivity index (χ1) is 24.2. The fourth-order valence-electron chi connectivity index (χ4n) is 7.17. The Morgan fingerprint density at radius 2 is 1.00 bits per heavy atom. The minimum atomic E-state index is -0.569. The molecular weight excluding hydrogens is 635 g/mol. The second-order valence-corrected chi connectivity index (χ2v) is 17.3. The van der Waals surface area contributed by atoms with Crippen molar-refractivity contribution in [2.75, 3.05) is 23.4 Å². The number of hydrogen-bond acceptors (Lipinski definition) is 4. The van der Waals surface area contributed by atoms with Gasteiger partial charge in [-0.2, -0.15) is 0 Å². The number of anilines is 1. The largest absolute Gasteiger partial charge is 0.386 e. The fraction of sp³-hybridized carbons (Fsp3) is 0.600. The van der Waals surface area contributed by atoms with Crippen molar-refractivity contribution in [3.05, 3.63) is 90.0 Å². The van der Waals surface area contributed by atoms with Crippen molar-refractivity contribution in [1.82, 2.24) is 0 Å². The molecule has 2 N–H and O–H groups in total. The summed E-state index contributed by atoms with van der Waals surface area (Å²) in [6, 6.07) is 27.9. The van der Waals surface area contributed by atoms with Gasteiger partial charge in [0, 0.05) is 12.2 Å². The van der Waals surface area contributed by atoms with E-state index < -0.39 is 6.10 Å². The lowest BCUT2D eigenvalue weighted by Crippen LogP contribution is -2.30. The number of aliphatic hydroxyl groups excluding tert-OH is 1. The molecule has 2 nitrogen and oxygen atoms in total. The highest BCUT2D eigenvalue weighted by molar-refractivity contribution is 8.18. The molecule has 4 rings (SSSR count). The van der Waals surface area contributed by atoms with E-state index in [1.807, 2.05) is 29.6 Å². The molecule has 1 heterocycles. The molecule has 49 heavy (non-hydrogen) atoms. The quantitative estimate of drug-likeness (QED) is 0.0816. The van der Waals surface area contributed by atoms with E-state index in [0.717, 1.165) is 23.6 Å². The summed E-state index contributed by atoms with van der Waals surface area (Å²) in [7, 11) is 0. The van der Waals surface area contributed by atoms with E-state index in [4.69, 9.17) is 0 Å². The van der Waals surface area contributed by atoms with Crippen molar-refractivity contribution in [2.24, 2.45) is 0 Å². The van der Waals surface area contributed by atoms with Gasteiger partial charge in [0.25, 0.3) is 0 Å². The topological polar surface area (TPSA) is 32.3 Å². The van der Waals surface area contributed by atoms with Gasteiger partial charge in [-0.3, -0.25) is 0 Å². The van der Waals surface area contributed by atoms with E-state index in [1.54, 1.807) is 0 Å². The third-order valence-corrected chi connectivity index (χ3v) is 13.7. The van der Waals surface area contributed by atoms with E-state index in [-0.39, 0.29) is 4.08 Å². The van der Waals surface area contributed by atoms with Crippen LogP contribution in [0.15, 0.2) is 78.9 Å². The number of aliphatic hydroxyl groups is 1. The normalized spacial score (nSPS) is 14.9. The maximum absolute atomic E-state index is 11.8. The summed E-state index contributed by atoms with van der Waals surface area (Å²) in [5.41, 5.74) is 5.78. The highest BCUT2D eigenvalue weighted by Crippen LogP contribution is 2.57. The summed E-state index contributed by atoms with van der Waals surface area (Å²) < 4.78 is -0.377. The molecular formula is C45H67NOS2. The smallest absolute Gasteiger partial charge is 0.116 e. The molecule has 0 aliphatic carbocycles. The molecule has 1 saturated heterocycles. The van der Waals surface area contributed by atoms with Crippen LogP contribution in [0.2, 0.25) is 0 Å². The lowest BCUT2D eigenvalue weighted by Gasteiger charge is -2.40. The Morgan fingerprint density at radius 3 is 1.49 bits per heavy atom. The first-order valence-electron chi connectivity index (χ1n) is 20.2. The summed E-state index contributed by atoms with van der Waals surface area (Å²) >= 11 is 3.82. The Kier molecular flexibility index (Phi) is 19.8. The molecule has 0 amide bonds. The van der Waals surface area contributed by atoms with Gasteiger partial charge in [0.05, 0.1) is 0 Å². The summed E-state index contributed by atoms with van der Waals surface area (Å²) in [6.07, 6.45) is 29.0. The zero-order valence-corrected chi connectivity index (χ0v) is 32.5. The average molecular weight is 702 g/mol. The molecule has 3 aromatic rings. The molecule has 1 atom stereocenters. The molecule has 270 valence electrons. The van der Waals surface area contributed by atoms with Crippen LogP contribution in [0, 0.1) is 0 Å². The van der Waals surface area contributed by atoms with E-state index >= 15 is 0 Å².